The zero-order chi connectivity index (χ0) is 15.2. The van der Waals surface area contributed by atoms with Gasteiger partial charge in [-0.2, -0.15) is 0 Å². The maximum absolute atomic E-state index is 12.1. The molecule has 0 bridgehead atoms. The van der Waals surface area contributed by atoms with Crippen LogP contribution in [0.25, 0.3) is 0 Å². The first-order valence-electron chi connectivity index (χ1n) is 6.64. The number of amides is 2. The van der Waals surface area contributed by atoms with Crippen molar-refractivity contribution in [2.45, 2.75) is 13.5 Å². The Morgan fingerprint density at radius 3 is 2.71 bits per heavy atom. The highest BCUT2D eigenvalue weighted by atomic mass is 16.5. The Labute approximate surface area is 124 Å². The van der Waals surface area contributed by atoms with Crippen molar-refractivity contribution in [3.63, 3.8) is 0 Å². The molecule has 0 atom stereocenters. The van der Waals surface area contributed by atoms with Crippen LogP contribution in [0.5, 0.6) is 5.75 Å². The normalized spacial score (nSPS) is 10.0. The predicted molar refractivity (Wildman–Crippen MR) is 84.7 cm³/mol. The molecule has 2 aromatic carbocycles. The number of methoxy groups -OCH3 is 1. The second-order valence-electron chi connectivity index (χ2n) is 4.69. The van der Waals surface area contributed by atoms with Crippen molar-refractivity contribution >= 4 is 17.4 Å². The van der Waals surface area contributed by atoms with Crippen LogP contribution in [-0.4, -0.2) is 13.1 Å². The van der Waals surface area contributed by atoms with E-state index in [-0.39, 0.29) is 6.03 Å². The molecule has 0 heterocycles. The lowest BCUT2D eigenvalue weighted by atomic mass is 10.2. The molecule has 21 heavy (non-hydrogen) atoms. The zero-order valence-corrected chi connectivity index (χ0v) is 12.1. The van der Waals surface area contributed by atoms with Gasteiger partial charge in [-0.25, -0.2) is 4.79 Å². The summed E-state index contributed by atoms with van der Waals surface area (Å²) in [6, 6.07) is 12.7. The van der Waals surface area contributed by atoms with Gasteiger partial charge in [-0.1, -0.05) is 18.2 Å². The minimum atomic E-state index is -0.326. The molecule has 0 radical (unpaired) electrons. The molecule has 0 aliphatic carbocycles. The van der Waals surface area contributed by atoms with Crippen molar-refractivity contribution in [3.8, 4) is 5.75 Å². The van der Waals surface area contributed by atoms with Crippen molar-refractivity contribution < 1.29 is 9.53 Å². The molecule has 0 spiro atoms. The highest BCUT2D eigenvalue weighted by Crippen LogP contribution is 2.25. The minimum Gasteiger partial charge on any atom is -0.495 e. The summed E-state index contributed by atoms with van der Waals surface area (Å²) >= 11 is 0. The van der Waals surface area contributed by atoms with Crippen LogP contribution in [0, 0.1) is 6.92 Å². The molecule has 2 aromatic rings. The Hall–Kier alpha value is -2.53. The number of rotatable bonds is 4. The molecular formula is C16H19N3O2. The van der Waals surface area contributed by atoms with E-state index in [4.69, 9.17) is 10.5 Å². The van der Waals surface area contributed by atoms with Gasteiger partial charge in [-0.05, 0) is 42.3 Å². The number of hydrogen-bond donors (Lipinski definition) is 3. The second-order valence-corrected chi connectivity index (χ2v) is 4.69. The van der Waals surface area contributed by atoms with E-state index >= 15 is 0 Å². The van der Waals surface area contributed by atoms with E-state index in [1.165, 1.54) is 0 Å². The molecule has 0 saturated carbocycles. The van der Waals surface area contributed by atoms with Crippen molar-refractivity contribution in [1.29, 1.82) is 0 Å². The number of urea groups is 1. The van der Waals surface area contributed by atoms with Crippen LogP contribution < -0.4 is 21.1 Å². The van der Waals surface area contributed by atoms with Gasteiger partial charge in [0, 0.05) is 12.2 Å². The van der Waals surface area contributed by atoms with Gasteiger partial charge in [-0.3, -0.25) is 0 Å². The van der Waals surface area contributed by atoms with Crippen molar-refractivity contribution in [2.75, 3.05) is 17.7 Å². The smallest absolute Gasteiger partial charge is 0.323 e. The summed E-state index contributed by atoms with van der Waals surface area (Å²) in [6.07, 6.45) is 0. The second kappa shape index (κ2) is 6.76. The molecule has 5 heteroatoms. The van der Waals surface area contributed by atoms with E-state index in [0.717, 1.165) is 11.1 Å². The molecule has 2 rings (SSSR count). The first-order chi connectivity index (χ1) is 10.1. The maximum Gasteiger partial charge on any atom is 0.323 e. The van der Waals surface area contributed by atoms with Gasteiger partial charge in [0.15, 0.2) is 0 Å². The average Bonchev–Trinajstić information content (AvgIpc) is 2.47. The fraction of sp³-hybridized carbons (Fsp3) is 0.188. The lowest BCUT2D eigenvalue weighted by molar-refractivity contribution is 0.262. The van der Waals surface area contributed by atoms with Crippen LogP contribution in [0.15, 0.2) is 42.5 Å². The molecule has 0 aliphatic rings. The highest BCUT2D eigenvalue weighted by Gasteiger charge is 2.08. The van der Waals surface area contributed by atoms with Crippen LogP contribution in [-0.2, 0) is 6.54 Å². The number of benzene rings is 2. The largest absolute Gasteiger partial charge is 0.495 e. The molecule has 2 amide bonds. The minimum absolute atomic E-state index is 0.326. The SMILES string of the molecule is COc1ccc(C)cc1NC(=O)Nc1cccc(CN)c1. The first-order valence-corrected chi connectivity index (χ1v) is 6.64. The third-order valence-electron chi connectivity index (χ3n) is 3.02. The van der Waals surface area contributed by atoms with Gasteiger partial charge in [0.05, 0.1) is 12.8 Å². The highest BCUT2D eigenvalue weighted by molar-refractivity contribution is 6.00. The zero-order valence-electron chi connectivity index (χ0n) is 12.1. The van der Waals surface area contributed by atoms with Gasteiger partial charge in [0.2, 0.25) is 0 Å². The van der Waals surface area contributed by atoms with Crippen LogP contribution in [0.1, 0.15) is 11.1 Å². The lowest BCUT2D eigenvalue weighted by Gasteiger charge is -2.12. The number of nitrogens with two attached hydrogens (primary N) is 1. The first kappa shape index (κ1) is 14.9. The van der Waals surface area contributed by atoms with Crippen LogP contribution in [0.4, 0.5) is 16.2 Å². The molecule has 0 fully saturated rings. The van der Waals surface area contributed by atoms with Gasteiger partial charge >= 0.3 is 6.03 Å². The number of ether oxygens (including phenoxy) is 1. The summed E-state index contributed by atoms with van der Waals surface area (Å²) in [5.74, 6) is 0.617. The van der Waals surface area contributed by atoms with E-state index in [1.807, 2.05) is 49.4 Å². The van der Waals surface area contributed by atoms with Crippen molar-refractivity contribution in [3.05, 3.63) is 53.6 Å². The Bertz CT molecular complexity index is 641. The van der Waals surface area contributed by atoms with E-state index in [1.54, 1.807) is 7.11 Å². The molecule has 4 N–H and O–H groups in total. The fourth-order valence-electron chi connectivity index (χ4n) is 1.98. The average molecular weight is 285 g/mol. The molecule has 0 aromatic heterocycles. The Morgan fingerprint density at radius 2 is 2.00 bits per heavy atom. The van der Waals surface area contributed by atoms with E-state index < -0.39 is 0 Å². The van der Waals surface area contributed by atoms with Crippen molar-refractivity contribution in [1.82, 2.24) is 0 Å². The van der Waals surface area contributed by atoms with Gasteiger partial charge < -0.3 is 21.1 Å². The fourth-order valence-corrected chi connectivity index (χ4v) is 1.98. The number of aryl methyl sites for hydroxylation is 1. The maximum atomic E-state index is 12.1. The Morgan fingerprint density at radius 1 is 1.19 bits per heavy atom. The third kappa shape index (κ3) is 3.97. The number of nitrogens with one attached hydrogen (secondary N) is 2. The summed E-state index contributed by atoms with van der Waals surface area (Å²) in [5.41, 5.74) is 8.91. The van der Waals surface area contributed by atoms with Gasteiger partial charge in [0.1, 0.15) is 5.75 Å². The molecule has 0 unspecified atom stereocenters. The van der Waals surface area contributed by atoms with Crippen LogP contribution in [0.2, 0.25) is 0 Å². The van der Waals surface area contributed by atoms with Crippen molar-refractivity contribution in [2.24, 2.45) is 5.73 Å². The number of anilines is 2. The summed E-state index contributed by atoms with van der Waals surface area (Å²) in [5, 5.41) is 5.56. The topological polar surface area (TPSA) is 76.4 Å². The van der Waals surface area contributed by atoms with E-state index in [0.29, 0.717) is 23.7 Å². The Balaban J connectivity index is 2.09. The summed E-state index contributed by atoms with van der Waals surface area (Å²) in [6.45, 7) is 2.39. The van der Waals surface area contributed by atoms with Gasteiger partial charge in [0.25, 0.3) is 0 Å². The third-order valence-corrected chi connectivity index (χ3v) is 3.02. The summed E-state index contributed by atoms with van der Waals surface area (Å²) < 4.78 is 5.23. The standard InChI is InChI=1S/C16H19N3O2/c1-11-6-7-15(21-2)14(8-11)19-16(20)18-13-5-3-4-12(9-13)10-17/h3-9H,10,17H2,1-2H3,(H2,18,19,20). The number of hydrogen-bond acceptors (Lipinski definition) is 3. The molecule has 0 aliphatic heterocycles. The molecular weight excluding hydrogens is 266 g/mol. The van der Waals surface area contributed by atoms with Gasteiger partial charge in [-0.15, -0.1) is 0 Å². The predicted octanol–water partition coefficient (Wildman–Crippen LogP) is 3.11. The molecule has 5 nitrogen and oxygen atoms in total. The molecule has 110 valence electrons. The monoisotopic (exact) mass is 285 g/mol. The van der Waals surface area contributed by atoms with Crippen LogP contribution in [0.3, 0.4) is 0 Å². The number of carbonyl (C=O) groups excluding carboxylic acids is 1. The van der Waals surface area contributed by atoms with E-state index in [2.05, 4.69) is 10.6 Å². The quantitative estimate of drug-likeness (QED) is 0.808. The number of carbonyl (C=O) groups is 1. The summed E-state index contributed by atoms with van der Waals surface area (Å²) in [4.78, 5) is 12.1. The molecule has 0 saturated heterocycles. The Kier molecular flexibility index (Phi) is 4.79. The summed E-state index contributed by atoms with van der Waals surface area (Å²) in [7, 11) is 1.57. The van der Waals surface area contributed by atoms with Crippen LogP contribution >= 0.6 is 0 Å². The lowest BCUT2D eigenvalue weighted by Crippen LogP contribution is -2.20. The van der Waals surface area contributed by atoms with E-state index in [9.17, 15) is 4.79 Å².